The smallest absolute Gasteiger partial charge is 0.328 e. The lowest BCUT2D eigenvalue weighted by atomic mass is 9.38. The van der Waals surface area contributed by atoms with Gasteiger partial charge in [0.15, 0.2) is 5.03 Å². The van der Waals surface area contributed by atoms with E-state index in [1.807, 2.05) is 0 Å². The number of hydrazine groups is 1. The van der Waals surface area contributed by atoms with Crippen LogP contribution >= 0.6 is 11.6 Å². The lowest BCUT2D eigenvalue weighted by Gasteiger charge is -2.69. The maximum Gasteiger partial charge on any atom is 0.375 e. The first kappa shape index (κ1) is 16.8. The molecule has 0 aliphatic heterocycles. The fourth-order valence-electron chi connectivity index (χ4n) is 7.05. The predicted molar refractivity (Wildman–Crippen MR) is 87.7 cm³/mol. The van der Waals surface area contributed by atoms with E-state index in [2.05, 4.69) is 26.1 Å². The molecule has 0 radical (unpaired) electrons. The Bertz CT molecular complexity index is 499. The van der Waals surface area contributed by atoms with Crippen molar-refractivity contribution in [2.75, 3.05) is 12.4 Å². The first-order valence-corrected chi connectivity index (χ1v) is 8.85. The van der Waals surface area contributed by atoms with Crippen LogP contribution in [0.1, 0.15) is 59.3 Å². The summed E-state index contributed by atoms with van der Waals surface area (Å²) >= 11 is 5.60. The van der Waals surface area contributed by atoms with Crippen molar-refractivity contribution in [1.82, 2.24) is 10.3 Å². The molecule has 4 saturated carbocycles. The third-order valence-electron chi connectivity index (χ3n) is 5.96. The highest BCUT2D eigenvalue weighted by molar-refractivity contribution is 6.18. The Hall–Kier alpha value is -1.04. The van der Waals surface area contributed by atoms with Crippen LogP contribution < -0.4 is 5.32 Å². The Morgan fingerprint density at radius 3 is 1.87 bits per heavy atom. The number of carbonyl (C=O) groups excluding carboxylic acids is 1. The maximum absolute atomic E-state index is 12.5. The number of amides is 2. The largest absolute Gasteiger partial charge is 0.375 e. The molecule has 0 unspecified atom stereocenters. The summed E-state index contributed by atoms with van der Waals surface area (Å²) in [7, 11) is 0. The van der Waals surface area contributed by atoms with Crippen molar-refractivity contribution in [3.63, 3.8) is 0 Å². The number of halogens is 1. The molecule has 7 heteroatoms. The van der Waals surface area contributed by atoms with E-state index in [9.17, 15) is 14.9 Å². The van der Waals surface area contributed by atoms with E-state index in [4.69, 9.17) is 11.6 Å². The summed E-state index contributed by atoms with van der Waals surface area (Å²) in [6, 6.07) is -0.617. The normalized spacial score (nSPS) is 44.2. The molecular weight excluding hydrogens is 318 g/mol. The molecule has 6 nitrogen and oxygen atoms in total. The molecule has 0 aromatic rings. The summed E-state index contributed by atoms with van der Waals surface area (Å²) in [6.07, 6.45) is 6.32. The maximum atomic E-state index is 12.5. The molecule has 0 aromatic heterocycles. The van der Waals surface area contributed by atoms with Crippen molar-refractivity contribution < 1.29 is 9.83 Å². The minimum atomic E-state index is -0.663. The highest BCUT2D eigenvalue weighted by Crippen LogP contribution is 2.70. The van der Waals surface area contributed by atoms with Crippen LogP contribution in [-0.4, -0.2) is 34.0 Å². The molecule has 4 aliphatic rings. The van der Waals surface area contributed by atoms with Crippen molar-refractivity contribution in [1.29, 1.82) is 0 Å². The third-order valence-corrected chi connectivity index (χ3v) is 6.13. The summed E-state index contributed by atoms with van der Waals surface area (Å²) in [5.41, 5.74) is 0.344. The van der Waals surface area contributed by atoms with E-state index in [1.165, 1.54) is 19.3 Å². The average Bonchev–Trinajstić information content (AvgIpc) is 2.28. The van der Waals surface area contributed by atoms with Gasteiger partial charge in [-0.1, -0.05) is 20.8 Å². The van der Waals surface area contributed by atoms with Gasteiger partial charge < -0.3 is 5.32 Å². The number of nitro groups is 1. The Labute approximate surface area is 142 Å². The van der Waals surface area contributed by atoms with Crippen LogP contribution in [0.5, 0.6) is 0 Å². The molecule has 0 atom stereocenters. The van der Waals surface area contributed by atoms with Crippen LogP contribution in [0.4, 0.5) is 4.79 Å². The van der Waals surface area contributed by atoms with Gasteiger partial charge in [0.2, 0.25) is 0 Å². The van der Waals surface area contributed by atoms with Crippen molar-refractivity contribution in [3.8, 4) is 0 Å². The number of alkyl halides is 1. The Kier molecular flexibility index (Phi) is 3.64. The summed E-state index contributed by atoms with van der Waals surface area (Å²) < 4.78 is 0. The van der Waals surface area contributed by atoms with Crippen molar-refractivity contribution in [3.05, 3.63) is 10.1 Å². The van der Waals surface area contributed by atoms with Gasteiger partial charge >= 0.3 is 6.03 Å². The van der Waals surface area contributed by atoms with Crippen molar-refractivity contribution in [2.24, 2.45) is 16.2 Å². The SMILES string of the molecule is CC12CC3(C)CC(C)(C1)CC(NC(=O)N(CCCl)[N+](=O)[O-])(C2)C3. The highest BCUT2D eigenvalue weighted by atomic mass is 35.5. The van der Waals surface area contributed by atoms with Crippen molar-refractivity contribution >= 4 is 17.6 Å². The number of rotatable bonds is 4. The lowest BCUT2D eigenvalue weighted by Crippen LogP contribution is -2.69. The van der Waals surface area contributed by atoms with Gasteiger partial charge in [-0.15, -0.1) is 11.6 Å². The van der Waals surface area contributed by atoms with E-state index in [1.54, 1.807) is 0 Å². The number of nitrogens with one attached hydrogen (secondary N) is 1. The molecule has 2 amide bonds. The lowest BCUT2D eigenvalue weighted by molar-refractivity contribution is -0.631. The van der Waals surface area contributed by atoms with Gasteiger partial charge in [-0.25, -0.2) is 14.9 Å². The molecule has 4 rings (SSSR count). The second-order valence-electron chi connectivity index (χ2n) is 9.25. The summed E-state index contributed by atoms with van der Waals surface area (Å²) in [4.78, 5) is 23.6. The number of carbonyl (C=O) groups is 1. The fourth-order valence-corrected chi connectivity index (χ4v) is 7.21. The zero-order valence-electron chi connectivity index (χ0n) is 14.2. The highest BCUT2D eigenvalue weighted by Gasteiger charge is 2.64. The van der Waals surface area contributed by atoms with Gasteiger partial charge in [-0.05, 0) is 59.8 Å². The molecule has 0 spiro atoms. The molecule has 0 saturated heterocycles. The molecule has 0 heterocycles. The monoisotopic (exact) mass is 343 g/mol. The van der Waals surface area contributed by atoms with Crippen LogP contribution in [-0.2, 0) is 0 Å². The topological polar surface area (TPSA) is 75.5 Å². The van der Waals surface area contributed by atoms with Crippen LogP contribution in [0.2, 0.25) is 0 Å². The van der Waals surface area contributed by atoms with Crippen LogP contribution in [0.25, 0.3) is 0 Å². The van der Waals surface area contributed by atoms with Crippen LogP contribution in [0, 0.1) is 26.4 Å². The number of nitrogens with zero attached hydrogens (tertiary/aromatic N) is 2. The van der Waals surface area contributed by atoms with Crippen LogP contribution in [0.15, 0.2) is 0 Å². The Balaban J connectivity index is 1.85. The molecule has 0 aromatic carbocycles. The summed E-state index contributed by atoms with van der Waals surface area (Å²) in [5, 5.41) is 14.1. The quantitative estimate of drug-likeness (QED) is 0.481. The third kappa shape index (κ3) is 2.90. The number of hydrogen-bond donors (Lipinski definition) is 1. The number of urea groups is 1. The molecule has 4 bridgehead atoms. The van der Waals surface area contributed by atoms with Gasteiger partial charge in [-0.2, -0.15) is 0 Å². The van der Waals surface area contributed by atoms with Gasteiger partial charge in [0.1, 0.15) is 6.54 Å². The van der Waals surface area contributed by atoms with Crippen LogP contribution in [0.3, 0.4) is 0 Å². The zero-order chi connectivity index (χ0) is 17.1. The van der Waals surface area contributed by atoms with E-state index in [-0.39, 0.29) is 34.2 Å². The molecule has 4 fully saturated rings. The first-order chi connectivity index (χ1) is 10.5. The van der Waals surface area contributed by atoms with Gasteiger partial charge in [0, 0.05) is 11.4 Å². The van der Waals surface area contributed by atoms with E-state index < -0.39 is 11.1 Å². The zero-order valence-corrected chi connectivity index (χ0v) is 14.9. The molecule has 1 N–H and O–H groups in total. The van der Waals surface area contributed by atoms with E-state index >= 15 is 0 Å². The van der Waals surface area contributed by atoms with E-state index in [0.717, 1.165) is 19.3 Å². The molecule has 130 valence electrons. The first-order valence-electron chi connectivity index (χ1n) is 8.32. The second kappa shape index (κ2) is 4.98. The van der Waals surface area contributed by atoms with E-state index in [0.29, 0.717) is 5.01 Å². The summed E-state index contributed by atoms with van der Waals surface area (Å²) in [5.74, 6) is 0.0501. The van der Waals surface area contributed by atoms with Gasteiger partial charge in [-0.3, -0.25) is 0 Å². The molecule has 4 aliphatic carbocycles. The Morgan fingerprint density at radius 1 is 1.09 bits per heavy atom. The predicted octanol–water partition coefficient (Wildman–Crippen LogP) is 3.57. The molecular formula is C16H26ClN3O3. The number of hydrogen-bond acceptors (Lipinski definition) is 3. The average molecular weight is 344 g/mol. The summed E-state index contributed by atoms with van der Waals surface area (Å²) in [6.45, 7) is 6.85. The van der Waals surface area contributed by atoms with Crippen molar-refractivity contribution in [2.45, 2.75) is 64.8 Å². The minimum Gasteiger partial charge on any atom is -0.328 e. The fraction of sp³-hybridized carbons (Fsp3) is 0.938. The Morgan fingerprint density at radius 2 is 1.52 bits per heavy atom. The minimum absolute atomic E-state index is 0.0501. The van der Waals surface area contributed by atoms with Gasteiger partial charge in [0.25, 0.3) is 0 Å². The van der Waals surface area contributed by atoms with Gasteiger partial charge in [0.05, 0.1) is 0 Å². The second-order valence-corrected chi connectivity index (χ2v) is 9.63. The standard InChI is InChI=1S/C16H26ClN3O3/c1-13-6-14(2)8-15(3,7-13)11-16(9-13,10-14)18-12(21)19(5-4-17)20(22)23/h4-11H2,1-3H3,(H,18,21). The molecule has 23 heavy (non-hydrogen) atoms.